The number of ketones is 1. The third kappa shape index (κ3) is 3.89. The van der Waals surface area contributed by atoms with Gasteiger partial charge in [0.25, 0.3) is 0 Å². The van der Waals surface area contributed by atoms with Crippen molar-refractivity contribution < 1.29 is 14.3 Å². The van der Waals surface area contributed by atoms with Crippen molar-refractivity contribution in [1.29, 1.82) is 0 Å². The van der Waals surface area contributed by atoms with Gasteiger partial charge in [0.15, 0.2) is 5.78 Å². The first-order valence-electron chi connectivity index (χ1n) is 8.90. The first-order valence-corrected chi connectivity index (χ1v) is 8.90. The van der Waals surface area contributed by atoms with Crippen molar-refractivity contribution >= 4 is 5.78 Å². The molecule has 0 saturated carbocycles. The Morgan fingerprint density at radius 2 is 2.17 bits per heavy atom. The van der Waals surface area contributed by atoms with Crippen LogP contribution in [0.15, 0.2) is 36.5 Å². The Hall–Kier alpha value is -1.19. The van der Waals surface area contributed by atoms with E-state index in [4.69, 9.17) is 9.47 Å². The molecule has 0 bridgehead atoms. The summed E-state index contributed by atoms with van der Waals surface area (Å²) in [7, 11) is 1.62. The van der Waals surface area contributed by atoms with Crippen LogP contribution >= 0.6 is 0 Å². The van der Waals surface area contributed by atoms with Gasteiger partial charge >= 0.3 is 0 Å². The van der Waals surface area contributed by atoms with E-state index in [-0.39, 0.29) is 29.8 Å². The van der Waals surface area contributed by atoms with Crippen LogP contribution in [0.1, 0.15) is 47.0 Å². The van der Waals surface area contributed by atoms with Crippen molar-refractivity contribution in [3.8, 4) is 0 Å². The Kier molecular flexibility index (Phi) is 5.87. The Labute approximate surface area is 146 Å². The van der Waals surface area contributed by atoms with Crippen molar-refractivity contribution in [2.75, 3.05) is 13.9 Å². The molecule has 0 spiro atoms. The first-order chi connectivity index (χ1) is 11.2. The van der Waals surface area contributed by atoms with Gasteiger partial charge in [0, 0.05) is 13.0 Å². The molecule has 0 N–H and O–H groups in total. The van der Waals surface area contributed by atoms with E-state index in [2.05, 4.69) is 39.5 Å². The third-order valence-corrected chi connectivity index (χ3v) is 6.00. The average molecular weight is 332 g/mol. The van der Waals surface area contributed by atoms with Crippen LogP contribution in [0.3, 0.4) is 0 Å². The quantitative estimate of drug-likeness (QED) is 0.501. The summed E-state index contributed by atoms with van der Waals surface area (Å²) in [6.45, 7) is 12.9. The molecule has 0 amide bonds. The van der Waals surface area contributed by atoms with Crippen LogP contribution in [0.2, 0.25) is 0 Å². The summed E-state index contributed by atoms with van der Waals surface area (Å²) in [4.78, 5) is 12.7. The topological polar surface area (TPSA) is 35.5 Å². The van der Waals surface area contributed by atoms with Gasteiger partial charge in [0.2, 0.25) is 0 Å². The van der Waals surface area contributed by atoms with E-state index >= 15 is 0 Å². The van der Waals surface area contributed by atoms with Crippen molar-refractivity contribution in [1.82, 2.24) is 0 Å². The van der Waals surface area contributed by atoms with Gasteiger partial charge in [-0.25, -0.2) is 0 Å². The molecule has 24 heavy (non-hydrogen) atoms. The number of fused-ring (bicyclic) bond motifs is 1. The molecular weight excluding hydrogens is 300 g/mol. The zero-order valence-corrected chi connectivity index (χ0v) is 15.8. The Bertz CT molecular complexity index is 543. The van der Waals surface area contributed by atoms with Gasteiger partial charge in [-0.1, -0.05) is 37.6 Å². The van der Waals surface area contributed by atoms with Crippen LogP contribution in [0.4, 0.5) is 0 Å². The van der Waals surface area contributed by atoms with Crippen LogP contribution in [-0.4, -0.2) is 25.3 Å². The number of methoxy groups -OCH3 is 1. The van der Waals surface area contributed by atoms with Crippen LogP contribution in [-0.2, 0) is 14.3 Å². The molecule has 0 aromatic heterocycles. The fourth-order valence-corrected chi connectivity index (χ4v) is 4.15. The normalized spacial score (nSPS) is 31.1. The summed E-state index contributed by atoms with van der Waals surface area (Å²) in [6.07, 6.45) is 10.8. The lowest BCUT2D eigenvalue weighted by Gasteiger charge is -2.46. The zero-order valence-electron chi connectivity index (χ0n) is 15.8. The number of hydrogen-bond acceptors (Lipinski definition) is 3. The Morgan fingerprint density at radius 1 is 1.46 bits per heavy atom. The molecule has 3 heteroatoms. The molecular formula is C21H32O3. The lowest BCUT2D eigenvalue weighted by Crippen LogP contribution is -2.43. The van der Waals surface area contributed by atoms with Crippen LogP contribution in [0.5, 0.6) is 0 Å². The molecule has 0 aliphatic heterocycles. The molecule has 0 heterocycles. The SMILES string of the molecule is C=C[C@](C)(CC[C@H]1C(C)=CC[C@@H]2[C@H]1C(=O)C=CC2(C)C)OCOC. The van der Waals surface area contributed by atoms with E-state index in [1.165, 1.54) is 5.57 Å². The second-order valence-corrected chi connectivity index (χ2v) is 8.09. The highest BCUT2D eigenvalue weighted by atomic mass is 16.7. The van der Waals surface area contributed by atoms with Gasteiger partial charge in [0.05, 0.1) is 5.60 Å². The maximum atomic E-state index is 12.7. The predicted molar refractivity (Wildman–Crippen MR) is 97.6 cm³/mol. The smallest absolute Gasteiger partial charge is 0.159 e. The zero-order chi connectivity index (χ0) is 18.0. The molecule has 0 unspecified atom stereocenters. The minimum absolute atomic E-state index is 0.0717. The molecule has 0 radical (unpaired) electrons. The molecule has 0 fully saturated rings. The lowest BCUT2D eigenvalue weighted by atomic mass is 9.57. The molecule has 4 atom stereocenters. The molecule has 0 saturated heterocycles. The van der Waals surface area contributed by atoms with Crippen molar-refractivity contribution in [2.24, 2.45) is 23.2 Å². The number of allylic oxidation sites excluding steroid dienone is 4. The molecule has 134 valence electrons. The van der Waals surface area contributed by atoms with E-state index in [0.717, 1.165) is 19.3 Å². The largest absolute Gasteiger partial charge is 0.359 e. The van der Waals surface area contributed by atoms with E-state index in [1.54, 1.807) is 13.2 Å². The second-order valence-electron chi connectivity index (χ2n) is 8.09. The highest BCUT2D eigenvalue weighted by Gasteiger charge is 2.46. The molecule has 3 nitrogen and oxygen atoms in total. The van der Waals surface area contributed by atoms with Crippen LogP contribution in [0, 0.1) is 23.2 Å². The van der Waals surface area contributed by atoms with Crippen LogP contribution in [0.25, 0.3) is 0 Å². The van der Waals surface area contributed by atoms with E-state index in [0.29, 0.717) is 5.92 Å². The standard InChI is InChI=1S/C21H32O3/c1-7-21(5,24-14-23-6)13-10-16-15(2)8-9-17-19(16)18(22)11-12-20(17,3)4/h7-8,11-12,16-17,19H,1,9-10,13-14H2,2-6H3/t16-,17+,19-,21+/m0/s1. The highest BCUT2D eigenvalue weighted by Crippen LogP contribution is 2.49. The minimum Gasteiger partial charge on any atom is -0.359 e. The van der Waals surface area contributed by atoms with E-state index < -0.39 is 5.60 Å². The predicted octanol–water partition coefficient (Wildman–Crippen LogP) is 4.70. The summed E-state index contributed by atoms with van der Waals surface area (Å²) in [5.74, 6) is 1.05. The fraction of sp³-hybridized carbons (Fsp3) is 0.667. The summed E-state index contributed by atoms with van der Waals surface area (Å²) < 4.78 is 10.8. The maximum absolute atomic E-state index is 12.7. The highest BCUT2D eigenvalue weighted by molar-refractivity contribution is 5.93. The van der Waals surface area contributed by atoms with Crippen molar-refractivity contribution in [3.63, 3.8) is 0 Å². The van der Waals surface area contributed by atoms with Gasteiger partial charge < -0.3 is 9.47 Å². The van der Waals surface area contributed by atoms with E-state index in [9.17, 15) is 4.79 Å². The Morgan fingerprint density at radius 3 is 2.79 bits per heavy atom. The number of carbonyl (C=O) groups excluding carboxylic acids is 1. The van der Waals surface area contributed by atoms with Gasteiger partial charge in [-0.3, -0.25) is 4.79 Å². The molecule has 0 aromatic carbocycles. The minimum atomic E-state index is -0.424. The molecule has 0 aromatic rings. The monoisotopic (exact) mass is 332 g/mol. The number of ether oxygens (including phenoxy) is 2. The van der Waals surface area contributed by atoms with Gasteiger partial charge in [-0.2, -0.15) is 0 Å². The van der Waals surface area contributed by atoms with E-state index in [1.807, 2.05) is 13.0 Å². The van der Waals surface area contributed by atoms with Gasteiger partial charge in [-0.05, 0) is 56.4 Å². The number of rotatable bonds is 7. The second kappa shape index (κ2) is 7.37. The Balaban J connectivity index is 2.17. The van der Waals surface area contributed by atoms with Gasteiger partial charge in [0.1, 0.15) is 6.79 Å². The average Bonchev–Trinajstić information content (AvgIpc) is 2.55. The van der Waals surface area contributed by atoms with Crippen molar-refractivity contribution in [2.45, 2.75) is 52.6 Å². The van der Waals surface area contributed by atoms with Crippen molar-refractivity contribution in [3.05, 3.63) is 36.5 Å². The number of hydrogen-bond donors (Lipinski definition) is 0. The first kappa shape index (κ1) is 19.1. The number of carbonyl (C=O) groups is 1. The van der Waals surface area contributed by atoms with Crippen LogP contribution < -0.4 is 0 Å². The summed E-state index contributed by atoms with van der Waals surface area (Å²) in [5.41, 5.74) is 0.989. The lowest BCUT2D eigenvalue weighted by molar-refractivity contribution is -0.125. The fourth-order valence-electron chi connectivity index (χ4n) is 4.15. The van der Waals surface area contributed by atoms with Gasteiger partial charge in [-0.15, -0.1) is 6.58 Å². The summed E-state index contributed by atoms with van der Waals surface area (Å²) in [6, 6.07) is 0. The maximum Gasteiger partial charge on any atom is 0.159 e. The molecule has 2 rings (SSSR count). The molecule has 2 aliphatic carbocycles. The third-order valence-electron chi connectivity index (χ3n) is 6.00. The molecule has 2 aliphatic rings. The summed E-state index contributed by atoms with van der Waals surface area (Å²) in [5, 5.41) is 0. The summed E-state index contributed by atoms with van der Waals surface area (Å²) >= 11 is 0.